The van der Waals surface area contributed by atoms with Gasteiger partial charge in [-0.25, -0.2) is 9.37 Å². The van der Waals surface area contributed by atoms with Crippen molar-refractivity contribution >= 4 is 46.6 Å². The Morgan fingerprint density at radius 3 is 2.68 bits per heavy atom. The van der Waals surface area contributed by atoms with Crippen LogP contribution in [0.2, 0.25) is 10.0 Å². The minimum atomic E-state index is -0.465. The van der Waals surface area contributed by atoms with Crippen LogP contribution in [-0.2, 0) is 4.79 Å². The van der Waals surface area contributed by atoms with E-state index in [0.29, 0.717) is 21.7 Å². The van der Waals surface area contributed by atoms with Crippen LogP contribution in [0.1, 0.15) is 0 Å². The number of nitrogens with zero attached hydrogens (tertiary/aromatic N) is 2. The third kappa shape index (κ3) is 4.72. The predicted octanol–water partition coefficient (Wildman–Crippen LogP) is 4.65. The number of carbonyl (C=O) groups excluding carboxylic acids is 1. The van der Waals surface area contributed by atoms with Gasteiger partial charge in [-0.1, -0.05) is 35.0 Å². The van der Waals surface area contributed by atoms with Crippen LogP contribution in [0.15, 0.2) is 47.6 Å². The molecule has 0 spiro atoms. The van der Waals surface area contributed by atoms with E-state index in [4.69, 9.17) is 23.2 Å². The Morgan fingerprint density at radius 2 is 1.96 bits per heavy atom. The molecule has 2 aromatic carbocycles. The summed E-state index contributed by atoms with van der Waals surface area (Å²) in [5.74, 6) is -0.0867. The molecule has 5 nitrogen and oxygen atoms in total. The largest absolute Gasteiger partial charge is 0.324 e. The number of thioether (sulfide) groups is 1. The fourth-order valence-corrected chi connectivity index (χ4v) is 2.89. The van der Waals surface area contributed by atoms with Crippen molar-refractivity contribution in [3.05, 3.63) is 58.3 Å². The van der Waals surface area contributed by atoms with Crippen molar-refractivity contribution in [3.8, 4) is 11.4 Å². The average molecular weight is 397 g/mol. The van der Waals surface area contributed by atoms with E-state index < -0.39 is 5.82 Å². The molecule has 0 fully saturated rings. The van der Waals surface area contributed by atoms with Gasteiger partial charge in [0.1, 0.15) is 5.82 Å². The Morgan fingerprint density at radius 1 is 1.20 bits per heavy atom. The normalized spacial score (nSPS) is 10.7. The highest BCUT2D eigenvalue weighted by atomic mass is 35.5. The maximum Gasteiger partial charge on any atom is 0.234 e. The van der Waals surface area contributed by atoms with Crippen molar-refractivity contribution in [2.75, 3.05) is 11.1 Å². The number of amides is 1. The van der Waals surface area contributed by atoms with E-state index in [1.165, 1.54) is 23.9 Å². The average Bonchev–Trinajstić information content (AvgIpc) is 3.05. The summed E-state index contributed by atoms with van der Waals surface area (Å²) in [5, 5.41) is 10.7. The van der Waals surface area contributed by atoms with Gasteiger partial charge in [-0.05, 0) is 42.5 Å². The second-order valence-corrected chi connectivity index (χ2v) is 6.72. The number of rotatable bonds is 5. The Balaban J connectivity index is 1.58. The number of aromatic amines is 1. The molecule has 0 bridgehead atoms. The second-order valence-electron chi connectivity index (χ2n) is 4.93. The van der Waals surface area contributed by atoms with Crippen LogP contribution in [0.3, 0.4) is 0 Å². The Hall–Kier alpha value is -2.09. The van der Waals surface area contributed by atoms with E-state index in [2.05, 4.69) is 20.5 Å². The zero-order valence-corrected chi connectivity index (χ0v) is 14.9. The molecule has 3 aromatic rings. The third-order valence-electron chi connectivity index (χ3n) is 3.12. The maximum absolute atomic E-state index is 13.0. The zero-order valence-electron chi connectivity index (χ0n) is 12.6. The molecule has 3 rings (SSSR count). The standard InChI is InChI=1S/C16H11Cl2FN4OS/c17-10-3-1-9(2-4-10)15-21-16(23-22-15)25-8-14(24)20-13-6-5-11(19)7-12(13)18/h1-7H,8H2,(H,20,24)(H,21,22,23). The van der Waals surface area contributed by atoms with Crippen LogP contribution in [-0.4, -0.2) is 26.8 Å². The summed E-state index contributed by atoms with van der Waals surface area (Å²) in [5.41, 5.74) is 1.19. The van der Waals surface area contributed by atoms with Crippen molar-refractivity contribution in [1.82, 2.24) is 15.2 Å². The maximum atomic E-state index is 13.0. The number of anilines is 1. The van der Waals surface area contributed by atoms with Crippen LogP contribution in [0.25, 0.3) is 11.4 Å². The van der Waals surface area contributed by atoms with Crippen molar-refractivity contribution < 1.29 is 9.18 Å². The molecule has 1 amide bonds. The van der Waals surface area contributed by atoms with Gasteiger partial charge < -0.3 is 5.32 Å². The lowest BCUT2D eigenvalue weighted by atomic mass is 10.2. The first kappa shape index (κ1) is 17.7. The number of benzene rings is 2. The van der Waals surface area contributed by atoms with Crippen molar-refractivity contribution in [1.29, 1.82) is 0 Å². The monoisotopic (exact) mass is 396 g/mol. The molecule has 0 aliphatic rings. The molecule has 0 saturated carbocycles. The lowest BCUT2D eigenvalue weighted by Crippen LogP contribution is -2.14. The first-order valence-corrected chi connectivity index (χ1v) is 8.81. The number of H-pyrrole nitrogens is 1. The minimum Gasteiger partial charge on any atom is -0.324 e. The van der Waals surface area contributed by atoms with E-state index in [1.807, 2.05) is 12.1 Å². The van der Waals surface area contributed by atoms with Crippen LogP contribution >= 0.6 is 35.0 Å². The van der Waals surface area contributed by atoms with Crippen LogP contribution in [0.5, 0.6) is 0 Å². The van der Waals surface area contributed by atoms with Gasteiger partial charge in [0.2, 0.25) is 11.1 Å². The summed E-state index contributed by atoms with van der Waals surface area (Å²) in [4.78, 5) is 16.3. The molecule has 9 heteroatoms. The summed E-state index contributed by atoms with van der Waals surface area (Å²) in [6, 6.07) is 10.9. The topological polar surface area (TPSA) is 70.7 Å². The first-order valence-electron chi connectivity index (χ1n) is 7.07. The highest BCUT2D eigenvalue weighted by molar-refractivity contribution is 7.99. The number of carbonyl (C=O) groups is 1. The van der Waals surface area contributed by atoms with Gasteiger partial charge in [0.25, 0.3) is 0 Å². The quantitative estimate of drug-likeness (QED) is 0.615. The molecule has 1 heterocycles. The summed E-state index contributed by atoms with van der Waals surface area (Å²) in [7, 11) is 0. The highest BCUT2D eigenvalue weighted by Crippen LogP contribution is 2.24. The van der Waals surface area contributed by atoms with Crippen molar-refractivity contribution in [3.63, 3.8) is 0 Å². The molecule has 0 saturated heterocycles. The fourth-order valence-electron chi connectivity index (χ4n) is 1.96. The van der Waals surface area contributed by atoms with Gasteiger partial charge in [-0.3, -0.25) is 9.89 Å². The smallest absolute Gasteiger partial charge is 0.234 e. The summed E-state index contributed by atoms with van der Waals surface area (Å²) >= 11 is 12.9. The van der Waals surface area contributed by atoms with Gasteiger partial charge in [-0.2, -0.15) is 0 Å². The molecule has 128 valence electrons. The molecule has 0 aliphatic heterocycles. The molecule has 0 aliphatic carbocycles. The van der Waals surface area contributed by atoms with Crippen LogP contribution in [0, 0.1) is 5.82 Å². The number of aromatic nitrogens is 3. The van der Waals surface area contributed by atoms with E-state index in [1.54, 1.807) is 12.1 Å². The van der Waals surface area contributed by atoms with Crippen LogP contribution in [0.4, 0.5) is 10.1 Å². The summed E-state index contributed by atoms with van der Waals surface area (Å²) in [6.45, 7) is 0. The summed E-state index contributed by atoms with van der Waals surface area (Å²) in [6.07, 6.45) is 0. The van der Waals surface area contributed by atoms with Crippen molar-refractivity contribution in [2.45, 2.75) is 5.16 Å². The third-order valence-corrected chi connectivity index (χ3v) is 4.53. The van der Waals surface area contributed by atoms with Crippen LogP contribution < -0.4 is 5.32 Å². The van der Waals surface area contributed by atoms with E-state index >= 15 is 0 Å². The lowest BCUT2D eigenvalue weighted by Gasteiger charge is -2.06. The molecule has 2 N–H and O–H groups in total. The molecule has 0 unspecified atom stereocenters. The van der Waals surface area contributed by atoms with E-state index in [-0.39, 0.29) is 16.7 Å². The number of nitrogens with one attached hydrogen (secondary N) is 2. The summed E-state index contributed by atoms with van der Waals surface area (Å²) < 4.78 is 13.0. The van der Waals surface area contributed by atoms with E-state index in [9.17, 15) is 9.18 Å². The Kier molecular flexibility index (Phi) is 5.57. The highest BCUT2D eigenvalue weighted by Gasteiger charge is 2.11. The molecule has 1 aromatic heterocycles. The molecular formula is C16H11Cl2FN4OS. The van der Waals surface area contributed by atoms with Gasteiger partial charge >= 0.3 is 0 Å². The number of hydrogen-bond donors (Lipinski definition) is 2. The lowest BCUT2D eigenvalue weighted by molar-refractivity contribution is -0.113. The fraction of sp³-hybridized carbons (Fsp3) is 0.0625. The molecule has 0 atom stereocenters. The van der Waals surface area contributed by atoms with Gasteiger partial charge in [0, 0.05) is 10.6 Å². The minimum absolute atomic E-state index is 0.0889. The Bertz CT molecular complexity index is 901. The second kappa shape index (κ2) is 7.86. The van der Waals surface area contributed by atoms with Crippen molar-refractivity contribution in [2.24, 2.45) is 0 Å². The molecule has 25 heavy (non-hydrogen) atoms. The SMILES string of the molecule is O=C(CSc1n[nH]c(-c2ccc(Cl)cc2)n1)Nc1ccc(F)cc1Cl. The first-order chi connectivity index (χ1) is 12.0. The molecule has 0 radical (unpaired) electrons. The number of halogens is 3. The predicted molar refractivity (Wildman–Crippen MR) is 97.6 cm³/mol. The van der Waals surface area contributed by atoms with Gasteiger partial charge in [0.15, 0.2) is 5.82 Å². The Labute approximate surface area is 156 Å². The number of hydrogen-bond acceptors (Lipinski definition) is 4. The molecular weight excluding hydrogens is 386 g/mol. The van der Waals surface area contributed by atoms with E-state index in [0.717, 1.165) is 11.6 Å². The van der Waals surface area contributed by atoms with Gasteiger partial charge in [-0.15, -0.1) is 5.10 Å². The van der Waals surface area contributed by atoms with Gasteiger partial charge in [0.05, 0.1) is 16.5 Å². The zero-order chi connectivity index (χ0) is 17.8.